The Morgan fingerprint density at radius 2 is 1.97 bits per heavy atom. The second kappa shape index (κ2) is 7.50. The van der Waals surface area contributed by atoms with Crippen molar-refractivity contribution in [2.75, 3.05) is 13.7 Å². The maximum Gasteiger partial charge on any atom is 0.254 e. The zero-order chi connectivity index (χ0) is 20.5. The number of ether oxygens (including phenoxy) is 1. The lowest BCUT2D eigenvalue weighted by atomic mass is 10.0. The molecule has 7 heteroatoms. The number of methoxy groups -OCH3 is 1. The molecule has 0 atom stereocenters. The van der Waals surface area contributed by atoms with E-state index in [-0.39, 0.29) is 23.6 Å². The number of carbonyl (C=O) groups excluding carboxylic acids is 1. The Morgan fingerprint density at radius 3 is 2.66 bits per heavy atom. The molecule has 6 nitrogen and oxygen atoms in total. The van der Waals surface area contributed by atoms with Crippen LogP contribution in [0.4, 0.5) is 4.39 Å². The number of rotatable bonds is 3. The van der Waals surface area contributed by atoms with Crippen molar-refractivity contribution in [3.63, 3.8) is 0 Å². The second-order valence-corrected chi connectivity index (χ2v) is 7.01. The largest absolute Gasteiger partial charge is 0.497 e. The lowest BCUT2D eigenvalue weighted by Gasteiger charge is -2.28. The van der Waals surface area contributed by atoms with Gasteiger partial charge in [-0.2, -0.15) is 0 Å². The van der Waals surface area contributed by atoms with Gasteiger partial charge in [0.05, 0.1) is 19.3 Å². The van der Waals surface area contributed by atoms with Crippen LogP contribution in [0.25, 0.3) is 11.4 Å². The highest BCUT2D eigenvalue weighted by atomic mass is 19.1. The number of nitrogens with zero attached hydrogens (tertiary/aromatic N) is 2. The molecule has 2 aromatic carbocycles. The fourth-order valence-electron chi connectivity index (χ4n) is 3.41. The van der Waals surface area contributed by atoms with Crippen molar-refractivity contribution in [1.82, 2.24) is 14.9 Å². The standard InChI is InChI=1S/C22H20FN3O3/c1-13-3-4-15(11-18(13)23)22(28)26-10-9-17-19(12-26)24-20(25-21(17)27)14-5-7-16(29-2)8-6-14/h3-8,11H,9-10,12H2,1-2H3,(H,24,25,27). The number of aromatic amines is 1. The van der Waals surface area contributed by atoms with E-state index in [1.165, 1.54) is 6.07 Å². The van der Waals surface area contributed by atoms with Gasteiger partial charge in [0.15, 0.2) is 0 Å². The van der Waals surface area contributed by atoms with E-state index in [4.69, 9.17) is 4.74 Å². The number of hydrogen-bond donors (Lipinski definition) is 1. The van der Waals surface area contributed by atoms with Crippen LogP contribution in [0.2, 0.25) is 0 Å². The van der Waals surface area contributed by atoms with Crippen LogP contribution in [0.5, 0.6) is 5.75 Å². The molecule has 29 heavy (non-hydrogen) atoms. The molecular weight excluding hydrogens is 373 g/mol. The fraction of sp³-hybridized carbons (Fsp3) is 0.227. The summed E-state index contributed by atoms with van der Waals surface area (Å²) in [6, 6.07) is 11.7. The average molecular weight is 393 g/mol. The molecule has 4 rings (SSSR count). The van der Waals surface area contributed by atoms with Crippen molar-refractivity contribution >= 4 is 5.91 Å². The molecular formula is C22H20FN3O3. The summed E-state index contributed by atoms with van der Waals surface area (Å²) < 4.78 is 19.0. The van der Waals surface area contributed by atoms with Gasteiger partial charge in [-0.25, -0.2) is 9.37 Å². The molecule has 1 amide bonds. The van der Waals surface area contributed by atoms with Gasteiger partial charge in [0, 0.05) is 23.2 Å². The summed E-state index contributed by atoms with van der Waals surface area (Å²) in [5.41, 5.74) is 2.47. The van der Waals surface area contributed by atoms with E-state index in [1.54, 1.807) is 43.2 Å². The Balaban J connectivity index is 1.64. The number of H-pyrrole nitrogens is 1. The number of aryl methyl sites for hydroxylation is 1. The molecule has 1 aliphatic heterocycles. The van der Waals surface area contributed by atoms with Gasteiger partial charge in [-0.3, -0.25) is 9.59 Å². The molecule has 148 valence electrons. The molecule has 0 radical (unpaired) electrons. The Bertz CT molecular complexity index is 1140. The second-order valence-electron chi connectivity index (χ2n) is 7.01. The summed E-state index contributed by atoms with van der Waals surface area (Å²) in [6.07, 6.45) is 0.403. The third-order valence-electron chi connectivity index (χ3n) is 5.14. The number of fused-ring (bicyclic) bond motifs is 1. The zero-order valence-electron chi connectivity index (χ0n) is 16.2. The number of nitrogens with one attached hydrogen (secondary N) is 1. The van der Waals surface area contributed by atoms with E-state index < -0.39 is 5.82 Å². The first kappa shape index (κ1) is 18.9. The van der Waals surface area contributed by atoms with Gasteiger partial charge >= 0.3 is 0 Å². The third kappa shape index (κ3) is 3.63. The number of carbonyl (C=O) groups is 1. The molecule has 0 bridgehead atoms. The van der Waals surface area contributed by atoms with Crippen LogP contribution in [0.3, 0.4) is 0 Å². The minimum Gasteiger partial charge on any atom is -0.497 e. The first-order valence-corrected chi connectivity index (χ1v) is 9.28. The molecule has 0 fully saturated rings. The summed E-state index contributed by atoms with van der Waals surface area (Å²) in [7, 11) is 1.58. The van der Waals surface area contributed by atoms with Crippen molar-refractivity contribution in [2.24, 2.45) is 0 Å². The highest BCUT2D eigenvalue weighted by molar-refractivity contribution is 5.94. The van der Waals surface area contributed by atoms with Crippen molar-refractivity contribution in [2.45, 2.75) is 19.9 Å². The van der Waals surface area contributed by atoms with Crippen molar-refractivity contribution in [3.05, 3.63) is 81.0 Å². The zero-order valence-corrected chi connectivity index (χ0v) is 16.2. The van der Waals surface area contributed by atoms with Gasteiger partial charge in [0.2, 0.25) is 0 Å². The van der Waals surface area contributed by atoms with Gasteiger partial charge < -0.3 is 14.6 Å². The predicted molar refractivity (Wildman–Crippen MR) is 106 cm³/mol. The van der Waals surface area contributed by atoms with E-state index in [1.807, 2.05) is 12.1 Å². The number of halogens is 1. The van der Waals surface area contributed by atoms with Gasteiger partial charge in [-0.15, -0.1) is 0 Å². The van der Waals surface area contributed by atoms with Crippen LogP contribution in [0.15, 0.2) is 47.3 Å². The lowest BCUT2D eigenvalue weighted by Crippen LogP contribution is -2.39. The highest BCUT2D eigenvalue weighted by Gasteiger charge is 2.25. The van der Waals surface area contributed by atoms with Crippen molar-refractivity contribution in [3.8, 4) is 17.1 Å². The van der Waals surface area contributed by atoms with E-state index in [0.29, 0.717) is 41.4 Å². The first-order valence-electron chi connectivity index (χ1n) is 9.28. The number of aromatic nitrogens is 2. The van der Waals surface area contributed by atoms with Crippen LogP contribution in [-0.2, 0) is 13.0 Å². The van der Waals surface area contributed by atoms with Crippen LogP contribution in [0.1, 0.15) is 27.2 Å². The molecule has 0 unspecified atom stereocenters. The van der Waals surface area contributed by atoms with Gasteiger partial charge in [-0.1, -0.05) is 6.07 Å². The lowest BCUT2D eigenvalue weighted by molar-refractivity contribution is 0.0731. The van der Waals surface area contributed by atoms with Gasteiger partial charge in [0.25, 0.3) is 11.5 Å². The Kier molecular flexibility index (Phi) is 4.88. The molecule has 1 aromatic heterocycles. The van der Waals surface area contributed by atoms with Crippen molar-refractivity contribution < 1.29 is 13.9 Å². The van der Waals surface area contributed by atoms with Crippen LogP contribution < -0.4 is 10.3 Å². The highest BCUT2D eigenvalue weighted by Crippen LogP contribution is 2.22. The SMILES string of the molecule is COc1ccc(-c2nc3c(c(=O)[nH]2)CCN(C(=O)c2ccc(C)c(F)c2)C3)cc1. The molecule has 1 N–H and O–H groups in total. The third-order valence-corrected chi connectivity index (χ3v) is 5.14. The molecule has 0 aliphatic carbocycles. The fourth-order valence-corrected chi connectivity index (χ4v) is 3.41. The Labute approximate surface area is 167 Å². The number of amides is 1. The first-order chi connectivity index (χ1) is 14.0. The topological polar surface area (TPSA) is 75.3 Å². The van der Waals surface area contributed by atoms with Crippen LogP contribution in [-0.4, -0.2) is 34.4 Å². The monoisotopic (exact) mass is 393 g/mol. The van der Waals surface area contributed by atoms with E-state index in [0.717, 1.165) is 5.56 Å². The molecule has 0 saturated carbocycles. The molecule has 2 heterocycles. The average Bonchev–Trinajstić information content (AvgIpc) is 2.74. The number of hydrogen-bond acceptors (Lipinski definition) is 4. The van der Waals surface area contributed by atoms with E-state index >= 15 is 0 Å². The minimum atomic E-state index is -0.412. The van der Waals surface area contributed by atoms with Gasteiger partial charge in [0.1, 0.15) is 17.4 Å². The maximum absolute atomic E-state index is 13.9. The predicted octanol–water partition coefficient (Wildman–Crippen LogP) is 3.09. The van der Waals surface area contributed by atoms with Crippen LogP contribution >= 0.6 is 0 Å². The minimum absolute atomic E-state index is 0.200. The molecule has 3 aromatic rings. The van der Waals surface area contributed by atoms with Crippen LogP contribution in [0, 0.1) is 12.7 Å². The summed E-state index contributed by atoms with van der Waals surface area (Å²) in [4.78, 5) is 34.4. The summed E-state index contributed by atoms with van der Waals surface area (Å²) in [5.74, 6) is 0.454. The van der Waals surface area contributed by atoms with Crippen molar-refractivity contribution in [1.29, 1.82) is 0 Å². The summed E-state index contributed by atoms with van der Waals surface area (Å²) >= 11 is 0. The quantitative estimate of drug-likeness (QED) is 0.742. The Morgan fingerprint density at radius 1 is 1.21 bits per heavy atom. The van der Waals surface area contributed by atoms with Gasteiger partial charge in [-0.05, 0) is 55.3 Å². The summed E-state index contributed by atoms with van der Waals surface area (Å²) in [6.45, 7) is 2.24. The maximum atomic E-state index is 13.9. The summed E-state index contributed by atoms with van der Waals surface area (Å²) in [5, 5.41) is 0. The Hall–Kier alpha value is -3.48. The normalized spacial score (nSPS) is 13.1. The molecule has 1 aliphatic rings. The smallest absolute Gasteiger partial charge is 0.254 e. The van der Waals surface area contributed by atoms with E-state index in [9.17, 15) is 14.0 Å². The molecule has 0 saturated heterocycles. The number of benzene rings is 2. The van der Waals surface area contributed by atoms with E-state index in [2.05, 4.69) is 9.97 Å². The molecule has 0 spiro atoms.